The standard InChI is InChI=1S/C22H30N4O3/c1-4-5-15-28-18-10-8-17(9-11-18)22(27)26-14-6-7-19(16-26)29-21-20(25(2)3)23-12-13-24-21/h8-13,19H,4-7,14-16H2,1-3H3. The minimum atomic E-state index is -0.0975. The smallest absolute Gasteiger partial charge is 0.257 e. The fourth-order valence-corrected chi connectivity index (χ4v) is 3.30. The Bertz CT molecular complexity index is 795. The first kappa shape index (κ1) is 20.9. The van der Waals surface area contributed by atoms with Gasteiger partial charge in [0.05, 0.1) is 13.2 Å². The summed E-state index contributed by atoms with van der Waals surface area (Å²) in [7, 11) is 3.81. The number of carbonyl (C=O) groups excluding carboxylic acids is 1. The second-order valence-corrected chi connectivity index (χ2v) is 7.44. The van der Waals surface area contributed by atoms with E-state index in [-0.39, 0.29) is 12.0 Å². The van der Waals surface area contributed by atoms with Gasteiger partial charge in [-0.2, -0.15) is 0 Å². The Morgan fingerprint density at radius 2 is 1.97 bits per heavy atom. The van der Waals surface area contributed by atoms with Crippen LogP contribution in [-0.2, 0) is 0 Å². The number of benzene rings is 1. The highest BCUT2D eigenvalue weighted by molar-refractivity contribution is 5.94. The van der Waals surface area contributed by atoms with E-state index in [1.807, 2.05) is 48.2 Å². The molecule has 1 aliphatic rings. The number of hydrogen-bond acceptors (Lipinski definition) is 6. The minimum Gasteiger partial charge on any atom is -0.494 e. The van der Waals surface area contributed by atoms with Crippen molar-refractivity contribution in [3.8, 4) is 11.6 Å². The summed E-state index contributed by atoms with van der Waals surface area (Å²) in [6.45, 7) is 4.10. The monoisotopic (exact) mass is 398 g/mol. The van der Waals surface area contributed by atoms with Crippen LogP contribution in [0.15, 0.2) is 36.7 Å². The molecule has 0 aliphatic carbocycles. The van der Waals surface area contributed by atoms with Crippen molar-refractivity contribution >= 4 is 11.7 Å². The Balaban J connectivity index is 1.61. The summed E-state index contributed by atoms with van der Waals surface area (Å²) in [6, 6.07) is 7.40. The first-order valence-corrected chi connectivity index (χ1v) is 10.3. The molecule has 3 rings (SSSR count). The third-order valence-electron chi connectivity index (χ3n) is 4.88. The lowest BCUT2D eigenvalue weighted by molar-refractivity contribution is 0.0528. The summed E-state index contributed by atoms with van der Waals surface area (Å²) in [5.74, 6) is 2.01. The van der Waals surface area contributed by atoms with E-state index in [0.29, 0.717) is 30.4 Å². The van der Waals surface area contributed by atoms with E-state index >= 15 is 0 Å². The Labute approximate surface area is 172 Å². The number of anilines is 1. The van der Waals surface area contributed by atoms with Crippen LogP contribution in [0.25, 0.3) is 0 Å². The molecule has 1 aromatic carbocycles. The Hall–Kier alpha value is -2.83. The van der Waals surface area contributed by atoms with Crippen molar-refractivity contribution in [2.24, 2.45) is 0 Å². The third-order valence-corrected chi connectivity index (χ3v) is 4.88. The van der Waals surface area contributed by atoms with Gasteiger partial charge in [0.2, 0.25) is 0 Å². The normalized spacial score (nSPS) is 16.4. The van der Waals surface area contributed by atoms with Crippen LogP contribution in [0.1, 0.15) is 43.0 Å². The predicted molar refractivity (Wildman–Crippen MR) is 113 cm³/mol. The van der Waals surface area contributed by atoms with E-state index in [1.54, 1.807) is 12.4 Å². The van der Waals surface area contributed by atoms with Gasteiger partial charge in [0.15, 0.2) is 5.82 Å². The number of unbranched alkanes of at least 4 members (excludes halogenated alkanes) is 1. The van der Waals surface area contributed by atoms with Crippen LogP contribution in [0.5, 0.6) is 11.6 Å². The summed E-state index contributed by atoms with van der Waals surface area (Å²) in [6.07, 6.45) is 7.08. The van der Waals surface area contributed by atoms with Gasteiger partial charge < -0.3 is 19.3 Å². The summed E-state index contributed by atoms with van der Waals surface area (Å²) >= 11 is 0. The van der Waals surface area contributed by atoms with E-state index in [1.165, 1.54) is 0 Å². The van der Waals surface area contributed by atoms with Crippen molar-refractivity contribution < 1.29 is 14.3 Å². The van der Waals surface area contributed by atoms with E-state index < -0.39 is 0 Å². The number of hydrogen-bond donors (Lipinski definition) is 0. The lowest BCUT2D eigenvalue weighted by atomic mass is 10.1. The second kappa shape index (κ2) is 10.1. The molecule has 0 saturated carbocycles. The molecular weight excluding hydrogens is 368 g/mol. The lowest BCUT2D eigenvalue weighted by Gasteiger charge is -2.33. The third kappa shape index (κ3) is 5.59. The van der Waals surface area contributed by atoms with E-state index in [0.717, 1.165) is 38.0 Å². The molecule has 1 atom stereocenters. The second-order valence-electron chi connectivity index (χ2n) is 7.44. The molecule has 7 nitrogen and oxygen atoms in total. The number of aromatic nitrogens is 2. The Morgan fingerprint density at radius 1 is 1.21 bits per heavy atom. The quantitative estimate of drug-likeness (QED) is 0.635. The van der Waals surface area contributed by atoms with Crippen LogP contribution in [0.2, 0.25) is 0 Å². The van der Waals surface area contributed by atoms with Crippen LogP contribution in [0.4, 0.5) is 5.82 Å². The fourth-order valence-electron chi connectivity index (χ4n) is 3.30. The number of piperidine rings is 1. The average molecular weight is 399 g/mol. The van der Waals surface area contributed by atoms with Gasteiger partial charge in [-0.15, -0.1) is 0 Å². The molecule has 1 aliphatic heterocycles. The van der Waals surface area contributed by atoms with Crippen molar-refractivity contribution in [3.05, 3.63) is 42.2 Å². The molecule has 0 N–H and O–H groups in total. The fraction of sp³-hybridized carbons (Fsp3) is 0.500. The number of amides is 1. The molecule has 1 saturated heterocycles. The van der Waals surface area contributed by atoms with E-state index in [9.17, 15) is 4.79 Å². The SMILES string of the molecule is CCCCOc1ccc(C(=O)N2CCCC(Oc3nccnc3N(C)C)C2)cc1. The molecule has 1 unspecified atom stereocenters. The van der Waals surface area contributed by atoms with Crippen LogP contribution in [0, 0.1) is 0 Å². The molecule has 0 radical (unpaired) electrons. The first-order chi connectivity index (χ1) is 14.1. The summed E-state index contributed by atoms with van der Waals surface area (Å²) < 4.78 is 11.8. The van der Waals surface area contributed by atoms with Crippen molar-refractivity contribution in [3.63, 3.8) is 0 Å². The van der Waals surface area contributed by atoms with Crippen LogP contribution in [-0.4, -0.2) is 60.7 Å². The van der Waals surface area contributed by atoms with Gasteiger partial charge >= 0.3 is 0 Å². The largest absolute Gasteiger partial charge is 0.494 e. The molecular formula is C22H30N4O3. The van der Waals surface area contributed by atoms with Crippen molar-refractivity contribution in [2.75, 3.05) is 38.7 Å². The molecule has 7 heteroatoms. The molecule has 156 valence electrons. The van der Waals surface area contributed by atoms with Crippen molar-refractivity contribution in [1.29, 1.82) is 0 Å². The lowest BCUT2D eigenvalue weighted by Crippen LogP contribution is -2.44. The van der Waals surface area contributed by atoms with Gasteiger partial charge in [-0.05, 0) is 43.5 Å². The summed E-state index contributed by atoms with van der Waals surface area (Å²) in [4.78, 5) is 25.3. The van der Waals surface area contributed by atoms with Crippen molar-refractivity contribution in [2.45, 2.75) is 38.7 Å². The van der Waals surface area contributed by atoms with E-state index in [2.05, 4.69) is 16.9 Å². The van der Waals surface area contributed by atoms with Gasteiger partial charge in [-0.1, -0.05) is 13.3 Å². The topological polar surface area (TPSA) is 67.8 Å². The van der Waals surface area contributed by atoms with Crippen LogP contribution < -0.4 is 14.4 Å². The average Bonchev–Trinajstić information content (AvgIpc) is 2.74. The molecule has 29 heavy (non-hydrogen) atoms. The highest BCUT2D eigenvalue weighted by Gasteiger charge is 2.27. The highest BCUT2D eigenvalue weighted by atomic mass is 16.5. The van der Waals surface area contributed by atoms with Gasteiger partial charge in [-0.3, -0.25) is 4.79 Å². The zero-order chi connectivity index (χ0) is 20.6. The maximum Gasteiger partial charge on any atom is 0.257 e. The summed E-state index contributed by atoms with van der Waals surface area (Å²) in [5.41, 5.74) is 0.668. The van der Waals surface area contributed by atoms with Crippen LogP contribution in [0.3, 0.4) is 0 Å². The number of likely N-dealkylation sites (tertiary alicyclic amines) is 1. The molecule has 0 bridgehead atoms. The van der Waals surface area contributed by atoms with Gasteiger partial charge in [-0.25, -0.2) is 9.97 Å². The molecule has 1 fully saturated rings. The zero-order valence-electron chi connectivity index (χ0n) is 17.5. The minimum absolute atomic E-state index is 0.0189. The van der Waals surface area contributed by atoms with Gasteiger partial charge in [0.25, 0.3) is 11.8 Å². The molecule has 0 spiro atoms. The van der Waals surface area contributed by atoms with Crippen molar-refractivity contribution in [1.82, 2.24) is 14.9 Å². The van der Waals surface area contributed by atoms with Gasteiger partial charge in [0.1, 0.15) is 11.9 Å². The Morgan fingerprint density at radius 3 is 2.69 bits per heavy atom. The Kier molecular flexibility index (Phi) is 7.27. The number of nitrogens with zero attached hydrogens (tertiary/aromatic N) is 4. The summed E-state index contributed by atoms with van der Waals surface area (Å²) in [5, 5.41) is 0. The molecule has 2 aromatic rings. The maximum atomic E-state index is 12.9. The zero-order valence-corrected chi connectivity index (χ0v) is 17.5. The number of carbonyl (C=O) groups is 1. The maximum absolute atomic E-state index is 12.9. The number of ether oxygens (including phenoxy) is 2. The molecule has 1 aromatic heterocycles. The molecule has 1 amide bonds. The van der Waals surface area contributed by atoms with Gasteiger partial charge in [0, 0.05) is 38.6 Å². The van der Waals surface area contributed by atoms with E-state index in [4.69, 9.17) is 9.47 Å². The number of rotatable bonds is 8. The van der Waals surface area contributed by atoms with Crippen LogP contribution >= 0.6 is 0 Å². The predicted octanol–water partition coefficient (Wildman–Crippen LogP) is 3.41. The molecule has 2 heterocycles. The first-order valence-electron chi connectivity index (χ1n) is 10.3. The highest BCUT2D eigenvalue weighted by Crippen LogP contribution is 2.25.